The van der Waals surface area contributed by atoms with E-state index in [0.29, 0.717) is 11.8 Å². The van der Waals surface area contributed by atoms with Gasteiger partial charge in [-0.1, -0.05) is 147 Å². The number of hydrogen-bond acceptors (Lipinski definition) is 2. The lowest BCUT2D eigenvalue weighted by Gasteiger charge is -2.56. The number of hydrogen-bond donors (Lipinski definition) is 0. The van der Waals surface area contributed by atoms with Crippen LogP contribution in [0.3, 0.4) is 0 Å². The van der Waals surface area contributed by atoms with Crippen LogP contribution in [0.2, 0.25) is 0 Å². The summed E-state index contributed by atoms with van der Waals surface area (Å²) in [4.78, 5) is 0. The van der Waals surface area contributed by atoms with Crippen molar-refractivity contribution in [3.63, 3.8) is 0 Å². The molecule has 2 nitrogen and oxygen atoms in total. The SMILES string of the molecule is CCC1CC2CC(C)CC(C2)C1(c1ccc(Oc2ccc(C(C)(C)C)c3ccccc23)cc1)c1ccc(Oc2ccc(C(C)(C)C)c3ccccc23)cc1. The molecule has 6 aromatic rings. The van der Waals surface area contributed by atoms with Gasteiger partial charge in [0.1, 0.15) is 23.0 Å². The molecule has 2 saturated carbocycles. The first-order chi connectivity index (χ1) is 25.9. The summed E-state index contributed by atoms with van der Waals surface area (Å²) in [6.07, 6.45) is 6.38. The van der Waals surface area contributed by atoms with Crippen molar-refractivity contribution in [3.8, 4) is 23.0 Å². The summed E-state index contributed by atoms with van der Waals surface area (Å²) in [6.45, 7) is 18.6. The Labute approximate surface area is 323 Å². The molecule has 0 aliphatic heterocycles. The van der Waals surface area contributed by atoms with Crippen LogP contribution in [0.1, 0.15) is 110 Å². The fourth-order valence-corrected chi connectivity index (χ4v) is 10.7. The zero-order valence-corrected chi connectivity index (χ0v) is 33.7. The van der Waals surface area contributed by atoms with Gasteiger partial charge in [-0.25, -0.2) is 0 Å². The van der Waals surface area contributed by atoms with Gasteiger partial charge in [0.15, 0.2) is 0 Å². The zero-order valence-electron chi connectivity index (χ0n) is 33.7. The van der Waals surface area contributed by atoms with Gasteiger partial charge in [0.05, 0.1) is 0 Å². The Morgan fingerprint density at radius 2 is 0.963 bits per heavy atom. The fraction of sp³-hybridized carbons (Fsp3) is 0.385. The average Bonchev–Trinajstić information content (AvgIpc) is 3.14. The molecule has 0 heterocycles. The number of rotatable bonds is 7. The van der Waals surface area contributed by atoms with E-state index in [9.17, 15) is 0 Å². The fourth-order valence-electron chi connectivity index (χ4n) is 10.7. The quantitative estimate of drug-likeness (QED) is 0.164. The molecule has 4 atom stereocenters. The molecule has 2 fully saturated rings. The van der Waals surface area contributed by atoms with Gasteiger partial charge in [-0.15, -0.1) is 0 Å². The Bertz CT molecular complexity index is 2120. The molecule has 4 unspecified atom stereocenters. The van der Waals surface area contributed by atoms with Crippen LogP contribution in [0.4, 0.5) is 0 Å². The van der Waals surface area contributed by atoms with Crippen molar-refractivity contribution in [1.82, 2.24) is 0 Å². The highest BCUT2D eigenvalue weighted by atomic mass is 16.5. The highest BCUT2D eigenvalue weighted by Gasteiger charge is 2.53. The van der Waals surface area contributed by atoms with Gasteiger partial charge in [-0.2, -0.15) is 0 Å². The monoisotopic (exact) mass is 714 g/mol. The third kappa shape index (κ3) is 6.50. The molecule has 0 N–H and O–H groups in total. The van der Waals surface area contributed by atoms with Crippen LogP contribution in [-0.4, -0.2) is 0 Å². The molecule has 2 aliphatic rings. The smallest absolute Gasteiger partial charge is 0.135 e. The molecule has 2 aliphatic carbocycles. The van der Waals surface area contributed by atoms with Crippen LogP contribution < -0.4 is 9.47 Å². The van der Waals surface area contributed by atoms with E-state index >= 15 is 0 Å². The molecule has 0 aromatic heterocycles. The minimum absolute atomic E-state index is 0.0515. The van der Waals surface area contributed by atoms with Crippen LogP contribution in [-0.2, 0) is 16.2 Å². The highest BCUT2D eigenvalue weighted by molar-refractivity contribution is 5.93. The first kappa shape index (κ1) is 36.4. The molecular formula is C52H58O2. The molecule has 0 saturated heterocycles. The van der Waals surface area contributed by atoms with Crippen LogP contribution in [0.5, 0.6) is 23.0 Å². The molecule has 278 valence electrons. The van der Waals surface area contributed by atoms with E-state index in [0.717, 1.165) is 52.0 Å². The second-order valence-electron chi connectivity index (χ2n) is 18.7. The number of fused-ring (bicyclic) bond motifs is 4. The summed E-state index contributed by atoms with van der Waals surface area (Å²) in [7, 11) is 0. The topological polar surface area (TPSA) is 18.5 Å². The summed E-state index contributed by atoms with van der Waals surface area (Å²) < 4.78 is 13.4. The molecule has 2 heteroatoms. The molecule has 54 heavy (non-hydrogen) atoms. The zero-order chi connectivity index (χ0) is 37.8. The van der Waals surface area contributed by atoms with Gasteiger partial charge in [0.2, 0.25) is 0 Å². The lowest BCUT2D eigenvalue weighted by Crippen LogP contribution is -2.51. The van der Waals surface area contributed by atoms with E-state index in [4.69, 9.17) is 9.47 Å². The van der Waals surface area contributed by atoms with Crippen molar-refractivity contribution >= 4 is 21.5 Å². The second kappa shape index (κ2) is 13.9. The Kier molecular flexibility index (Phi) is 9.40. The second-order valence-corrected chi connectivity index (χ2v) is 18.7. The van der Waals surface area contributed by atoms with Gasteiger partial charge in [0.25, 0.3) is 0 Å². The van der Waals surface area contributed by atoms with Crippen molar-refractivity contribution in [2.75, 3.05) is 0 Å². The van der Waals surface area contributed by atoms with Gasteiger partial charge in [0, 0.05) is 16.2 Å². The molecule has 2 bridgehead atoms. The predicted molar refractivity (Wildman–Crippen MR) is 228 cm³/mol. The molecule has 8 rings (SSSR count). The summed E-state index contributed by atoms with van der Waals surface area (Å²) in [5, 5.41) is 4.84. The first-order valence-electron chi connectivity index (χ1n) is 20.5. The predicted octanol–water partition coefficient (Wildman–Crippen LogP) is 14.9. The maximum atomic E-state index is 6.70. The first-order valence-corrected chi connectivity index (χ1v) is 20.5. The van der Waals surface area contributed by atoms with E-state index < -0.39 is 0 Å². The Hall–Kier alpha value is -4.56. The van der Waals surface area contributed by atoms with Crippen molar-refractivity contribution in [2.45, 2.75) is 104 Å². The van der Waals surface area contributed by atoms with Crippen LogP contribution >= 0.6 is 0 Å². The van der Waals surface area contributed by atoms with Crippen molar-refractivity contribution in [2.24, 2.45) is 23.7 Å². The summed E-state index contributed by atoms with van der Waals surface area (Å²) in [5.74, 6) is 6.29. The highest BCUT2D eigenvalue weighted by Crippen LogP contribution is 2.60. The van der Waals surface area contributed by atoms with Gasteiger partial charge >= 0.3 is 0 Å². The summed E-state index contributed by atoms with van der Waals surface area (Å²) in [6, 6.07) is 44.5. The lowest BCUT2D eigenvalue weighted by atomic mass is 9.47. The van der Waals surface area contributed by atoms with Crippen LogP contribution in [0.25, 0.3) is 21.5 Å². The molecule has 6 aromatic carbocycles. The van der Waals surface area contributed by atoms with E-state index in [1.54, 1.807) is 0 Å². The van der Waals surface area contributed by atoms with Crippen molar-refractivity contribution in [3.05, 3.63) is 144 Å². The number of benzene rings is 6. The van der Waals surface area contributed by atoms with Gasteiger partial charge in [-0.3, -0.25) is 0 Å². The maximum Gasteiger partial charge on any atom is 0.135 e. The van der Waals surface area contributed by atoms with Gasteiger partial charge in [-0.05, 0) is 130 Å². The minimum Gasteiger partial charge on any atom is -0.457 e. The Morgan fingerprint density at radius 3 is 1.39 bits per heavy atom. The molecular weight excluding hydrogens is 657 g/mol. The Morgan fingerprint density at radius 1 is 0.519 bits per heavy atom. The summed E-state index contributed by atoms with van der Waals surface area (Å²) in [5.41, 5.74) is 5.56. The Balaban J connectivity index is 1.16. The van der Waals surface area contributed by atoms with E-state index in [-0.39, 0.29) is 16.2 Å². The van der Waals surface area contributed by atoms with Crippen molar-refractivity contribution < 1.29 is 9.47 Å². The summed E-state index contributed by atoms with van der Waals surface area (Å²) >= 11 is 0. The molecule has 0 spiro atoms. The van der Waals surface area contributed by atoms with E-state index in [1.807, 2.05) is 0 Å². The van der Waals surface area contributed by atoms with Crippen molar-refractivity contribution in [1.29, 1.82) is 0 Å². The third-order valence-electron chi connectivity index (χ3n) is 12.9. The standard InChI is InChI=1S/C52H58O2/c1-9-36-32-35-30-34(2)31-39(33-35)52(36,37-18-22-40(23-19-37)53-48-28-26-46(50(3,4)5)42-14-10-12-16-44(42)48)38-20-24-41(25-21-38)54-49-29-27-47(51(6,7)8)43-15-11-13-17-45(43)49/h10-29,34-36,39H,9,30-33H2,1-8H3. The van der Waals surface area contributed by atoms with Gasteiger partial charge < -0.3 is 9.47 Å². The molecule has 0 amide bonds. The molecule has 0 radical (unpaired) electrons. The minimum atomic E-state index is -0.0703. The largest absolute Gasteiger partial charge is 0.457 e. The van der Waals surface area contributed by atoms with Crippen LogP contribution in [0, 0.1) is 23.7 Å². The average molecular weight is 715 g/mol. The van der Waals surface area contributed by atoms with E-state index in [1.165, 1.54) is 58.7 Å². The third-order valence-corrected chi connectivity index (χ3v) is 12.9. The lowest BCUT2D eigenvalue weighted by molar-refractivity contribution is 0.0306. The maximum absolute atomic E-state index is 6.70. The van der Waals surface area contributed by atoms with E-state index in [2.05, 4.69) is 177 Å². The number of ether oxygens (including phenoxy) is 2. The van der Waals surface area contributed by atoms with Crippen LogP contribution in [0.15, 0.2) is 121 Å². The normalized spacial score (nSPS) is 21.3.